The van der Waals surface area contributed by atoms with Crippen LogP contribution < -0.4 is 0 Å². The number of aliphatic carboxylic acids is 1. The van der Waals surface area contributed by atoms with Crippen LogP contribution in [0.25, 0.3) is 0 Å². The average molecular weight is 284 g/mol. The van der Waals surface area contributed by atoms with E-state index in [0.29, 0.717) is 6.54 Å². The number of tetrazole rings is 1. The standard InChI is InChI=1S/C12H20N4O2S/c1-3-9(7-10(17)18)8-16-11(13-14-15-16)12(2)5-4-6-19-12/h9H,3-8H2,1-2H3,(H,17,18). The first-order valence-corrected chi connectivity index (χ1v) is 7.66. The molecule has 2 unspecified atom stereocenters. The fraction of sp³-hybridized carbons (Fsp3) is 0.833. The van der Waals surface area contributed by atoms with Crippen LogP contribution in [0.4, 0.5) is 0 Å². The van der Waals surface area contributed by atoms with Gasteiger partial charge in [0.2, 0.25) is 0 Å². The Kier molecular flexibility index (Phi) is 4.44. The summed E-state index contributed by atoms with van der Waals surface area (Å²) in [6.45, 7) is 4.76. The molecule has 106 valence electrons. The Labute approximate surface area is 117 Å². The highest BCUT2D eigenvalue weighted by Gasteiger charge is 2.37. The Morgan fingerprint density at radius 2 is 2.42 bits per heavy atom. The molecule has 1 aliphatic heterocycles. The van der Waals surface area contributed by atoms with Crippen molar-refractivity contribution >= 4 is 17.7 Å². The summed E-state index contributed by atoms with van der Waals surface area (Å²) in [5.74, 6) is 1.34. The lowest BCUT2D eigenvalue weighted by molar-refractivity contribution is -0.138. The van der Waals surface area contributed by atoms with Crippen LogP contribution >= 0.6 is 11.8 Å². The summed E-state index contributed by atoms with van der Waals surface area (Å²) in [7, 11) is 0. The molecule has 19 heavy (non-hydrogen) atoms. The van der Waals surface area contributed by atoms with Gasteiger partial charge in [-0.1, -0.05) is 13.3 Å². The van der Waals surface area contributed by atoms with Gasteiger partial charge in [0, 0.05) is 13.0 Å². The molecule has 0 amide bonds. The first kappa shape index (κ1) is 14.3. The monoisotopic (exact) mass is 284 g/mol. The summed E-state index contributed by atoms with van der Waals surface area (Å²) in [5.41, 5.74) is 0. The maximum atomic E-state index is 10.8. The van der Waals surface area contributed by atoms with E-state index < -0.39 is 5.97 Å². The number of carbonyl (C=O) groups is 1. The molecule has 0 spiro atoms. The van der Waals surface area contributed by atoms with Gasteiger partial charge >= 0.3 is 5.97 Å². The molecule has 2 heterocycles. The molecule has 0 saturated carbocycles. The Balaban J connectivity index is 2.13. The molecular formula is C12H20N4O2S. The average Bonchev–Trinajstić information content (AvgIpc) is 2.97. The number of hydrogen-bond acceptors (Lipinski definition) is 5. The first-order valence-electron chi connectivity index (χ1n) is 6.67. The van der Waals surface area contributed by atoms with E-state index in [-0.39, 0.29) is 17.1 Å². The Morgan fingerprint density at radius 1 is 1.63 bits per heavy atom. The van der Waals surface area contributed by atoms with Gasteiger partial charge in [-0.2, -0.15) is 0 Å². The summed E-state index contributed by atoms with van der Waals surface area (Å²) >= 11 is 1.89. The molecule has 1 N–H and O–H groups in total. The summed E-state index contributed by atoms with van der Waals surface area (Å²) in [6, 6.07) is 0. The zero-order chi connectivity index (χ0) is 13.9. The van der Waals surface area contributed by atoms with Crippen LogP contribution in [-0.4, -0.2) is 37.0 Å². The number of carboxylic acid groups (broad SMARTS) is 1. The maximum Gasteiger partial charge on any atom is 0.303 e. The van der Waals surface area contributed by atoms with Gasteiger partial charge in [-0.3, -0.25) is 4.79 Å². The highest BCUT2D eigenvalue weighted by molar-refractivity contribution is 8.00. The molecule has 1 aromatic heterocycles. The number of hydrogen-bond donors (Lipinski definition) is 1. The van der Waals surface area contributed by atoms with Crippen LogP contribution in [0, 0.1) is 5.92 Å². The predicted octanol–water partition coefficient (Wildman–Crippen LogP) is 1.92. The third kappa shape index (κ3) is 3.26. The van der Waals surface area contributed by atoms with Gasteiger partial charge in [0.15, 0.2) is 5.82 Å². The van der Waals surface area contributed by atoms with Gasteiger partial charge in [-0.05, 0) is 41.9 Å². The molecule has 0 bridgehead atoms. The van der Waals surface area contributed by atoms with Crippen LogP contribution in [0.3, 0.4) is 0 Å². The quantitative estimate of drug-likeness (QED) is 0.859. The van der Waals surface area contributed by atoms with E-state index in [4.69, 9.17) is 5.11 Å². The third-order valence-corrected chi connectivity index (χ3v) is 5.21. The topological polar surface area (TPSA) is 80.9 Å². The van der Waals surface area contributed by atoms with Crippen molar-refractivity contribution in [3.8, 4) is 0 Å². The number of rotatable bonds is 6. The van der Waals surface area contributed by atoms with Crippen molar-refractivity contribution in [2.45, 2.75) is 50.8 Å². The van der Waals surface area contributed by atoms with E-state index in [9.17, 15) is 4.79 Å². The van der Waals surface area contributed by atoms with E-state index in [1.165, 1.54) is 6.42 Å². The molecule has 1 fully saturated rings. The number of aromatic nitrogens is 4. The molecule has 0 radical (unpaired) electrons. The van der Waals surface area contributed by atoms with Gasteiger partial charge in [0.1, 0.15) is 0 Å². The first-order chi connectivity index (χ1) is 9.05. The normalized spacial score (nSPS) is 24.5. The number of nitrogens with zero attached hydrogens (tertiary/aromatic N) is 4. The van der Waals surface area contributed by atoms with Crippen LogP contribution in [0.2, 0.25) is 0 Å². The molecule has 0 aliphatic carbocycles. The Bertz CT molecular complexity index is 443. The number of thioether (sulfide) groups is 1. The predicted molar refractivity (Wildman–Crippen MR) is 72.9 cm³/mol. The second-order valence-electron chi connectivity index (χ2n) is 5.24. The van der Waals surface area contributed by atoms with Crippen molar-refractivity contribution in [2.24, 2.45) is 5.92 Å². The highest BCUT2D eigenvalue weighted by atomic mass is 32.2. The lowest BCUT2D eigenvalue weighted by atomic mass is 10.0. The van der Waals surface area contributed by atoms with Crippen LogP contribution in [0.15, 0.2) is 0 Å². The molecule has 2 atom stereocenters. The van der Waals surface area contributed by atoms with E-state index in [2.05, 4.69) is 22.4 Å². The fourth-order valence-corrected chi connectivity index (χ4v) is 3.79. The van der Waals surface area contributed by atoms with Crippen LogP contribution in [0.5, 0.6) is 0 Å². The smallest absolute Gasteiger partial charge is 0.303 e. The van der Waals surface area contributed by atoms with Crippen molar-refractivity contribution in [1.82, 2.24) is 20.2 Å². The molecule has 1 saturated heterocycles. The van der Waals surface area contributed by atoms with Gasteiger partial charge in [0.25, 0.3) is 0 Å². The molecule has 7 heteroatoms. The van der Waals surface area contributed by atoms with Gasteiger partial charge in [-0.15, -0.1) is 16.9 Å². The van der Waals surface area contributed by atoms with Crippen molar-refractivity contribution < 1.29 is 9.90 Å². The van der Waals surface area contributed by atoms with E-state index in [0.717, 1.165) is 24.4 Å². The fourth-order valence-electron chi connectivity index (χ4n) is 2.49. The minimum Gasteiger partial charge on any atom is -0.481 e. The van der Waals surface area contributed by atoms with E-state index in [1.807, 2.05) is 18.7 Å². The van der Waals surface area contributed by atoms with E-state index in [1.54, 1.807) is 4.68 Å². The zero-order valence-corrected chi connectivity index (χ0v) is 12.2. The minimum atomic E-state index is -0.761. The molecule has 0 aromatic carbocycles. The van der Waals surface area contributed by atoms with Crippen molar-refractivity contribution in [3.63, 3.8) is 0 Å². The van der Waals surface area contributed by atoms with Gasteiger partial charge in [-0.25, -0.2) is 4.68 Å². The summed E-state index contributed by atoms with van der Waals surface area (Å²) in [4.78, 5) is 10.8. The second-order valence-corrected chi connectivity index (χ2v) is 6.84. The zero-order valence-electron chi connectivity index (χ0n) is 11.4. The molecule has 1 aromatic rings. The minimum absolute atomic E-state index is 0.0228. The summed E-state index contributed by atoms with van der Waals surface area (Å²) in [5, 5.41) is 20.9. The van der Waals surface area contributed by atoms with Crippen LogP contribution in [0.1, 0.15) is 45.4 Å². The van der Waals surface area contributed by atoms with Crippen molar-refractivity contribution in [1.29, 1.82) is 0 Å². The third-order valence-electron chi connectivity index (χ3n) is 3.70. The van der Waals surface area contributed by atoms with Crippen molar-refractivity contribution in [3.05, 3.63) is 5.82 Å². The molecule has 6 nitrogen and oxygen atoms in total. The van der Waals surface area contributed by atoms with Crippen molar-refractivity contribution in [2.75, 3.05) is 5.75 Å². The highest BCUT2D eigenvalue weighted by Crippen LogP contribution is 2.45. The Morgan fingerprint density at radius 3 is 3.00 bits per heavy atom. The number of carboxylic acids is 1. The largest absolute Gasteiger partial charge is 0.481 e. The lowest BCUT2D eigenvalue weighted by Gasteiger charge is -2.22. The molecular weight excluding hydrogens is 264 g/mol. The summed E-state index contributed by atoms with van der Waals surface area (Å²) in [6.07, 6.45) is 3.24. The van der Waals surface area contributed by atoms with Crippen LogP contribution in [-0.2, 0) is 16.1 Å². The SMILES string of the molecule is CCC(CC(=O)O)Cn1nnnc1C1(C)CCCS1. The summed E-state index contributed by atoms with van der Waals surface area (Å²) < 4.78 is 1.78. The molecule has 1 aliphatic rings. The maximum absolute atomic E-state index is 10.8. The van der Waals surface area contributed by atoms with E-state index >= 15 is 0 Å². The second kappa shape index (κ2) is 5.90. The van der Waals surface area contributed by atoms with Gasteiger partial charge < -0.3 is 5.11 Å². The van der Waals surface area contributed by atoms with Gasteiger partial charge in [0.05, 0.1) is 4.75 Å². The Hall–Kier alpha value is -1.11. The lowest BCUT2D eigenvalue weighted by Crippen LogP contribution is -2.24. The molecule has 2 rings (SSSR count).